The number of hydrogen-bond donors (Lipinski definition) is 1. The van der Waals surface area contributed by atoms with Gasteiger partial charge in [0, 0.05) is 6.20 Å². The van der Waals surface area contributed by atoms with E-state index >= 15 is 0 Å². The minimum atomic E-state index is -0.262. The molecule has 0 radical (unpaired) electrons. The van der Waals surface area contributed by atoms with Crippen LogP contribution in [0.2, 0.25) is 0 Å². The molecular weight excluding hydrogens is 219 g/mol. The van der Waals surface area contributed by atoms with E-state index in [0.29, 0.717) is 22.9 Å². The molecule has 0 aliphatic rings. The second-order valence-electron chi connectivity index (χ2n) is 3.92. The Labute approximate surface area is 99.1 Å². The topological polar surface area (TPSA) is 48.1 Å². The summed E-state index contributed by atoms with van der Waals surface area (Å²) in [5, 5.41) is 0. The Bertz CT molecular complexity index is 555. The Morgan fingerprint density at radius 3 is 2.65 bits per heavy atom. The van der Waals surface area contributed by atoms with Gasteiger partial charge in [-0.3, -0.25) is 0 Å². The minimum Gasteiger partial charge on any atom is -0.437 e. The number of nitrogens with zero attached hydrogens (tertiary/aromatic N) is 1. The van der Waals surface area contributed by atoms with Gasteiger partial charge < -0.3 is 10.5 Å². The van der Waals surface area contributed by atoms with Gasteiger partial charge in [0.25, 0.3) is 0 Å². The van der Waals surface area contributed by atoms with E-state index in [1.54, 1.807) is 31.3 Å². The Balaban J connectivity index is 2.28. The smallest absolute Gasteiger partial charge is 0.242 e. The highest BCUT2D eigenvalue weighted by Crippen LogP contribution is 2.26. The lowest BCUT2D eigenvalue weighted by Crippen LogP contribution is -1.96. The van der Waals surface area contributed by atoms with Crippen LogP contribution in [0.4, 0.5) is 10.1 Å². The van der Waals surface area contributed by atoms with E-state index in [-0.39, 0.29) is 5.82 Å². The van der Waals surface area contributed by atoms with Gasteiger partial charge in [0.1, 0.15) is 11.6 Å². The molecule has 1 aromatic heterocycles. The summed E-state index contributed by atoms with van der Waals surface area (Å²) < 4.78 is 18.6. The first-order valence-corrected chi connectivity index (χ1v) is 5.22. The summed E-state index contributed by atoms with van der Waals surface area (Å²) in [7, 11) is 0. The van der Waals surface area contributed by atoms with Crippen molar-refractivity contribution in [3.8, 4) is 11.6 Å². The number of anilines is 1. The first-order chi connectivity index (χ1) is 8.06. The summed E-state index contributed by atoms with van der Waals surface area (Å²) in [6.07, 6.45) is 1.67. The standard InChI is InChI=1S/C13H13FN2O/c1-8-5-12(15)13(16-7-8)17-10-3-4-11(14)9(2)6-10/h3-7H,15H2,1-2H3. The normalized spacial score (nSPS) is 10.3. The zero-order valence-corrected chi connectivity index (χ0v) is 9.70. The largest absolute Gasteiger partial charge is 0.437 e. The third kappa shape index (κ3) is 2.53. The molecule has 0 fully saturated rings. The van der Waals surface area contributed by atoms with Gasteiger partial charge in [-0.25, -0.2) is 9.37 Å². The van der Waals surface area contributed by atoms with Crippen molar-refractivity contribution in [2.75, 3.05) is 5.73 Å². The maximum Gasteiger partial charge on any atom is 0.242 e. The molecule has 0 amide bonds. The minimum absolute atomic E-state index is 0.262. The van der Waals surface area contributed by atoms with Crippen molar-refractivity contribution in [2.24, 2.45) is 0 Å². The van der Waals surface area contributed by atoms with Crippen molar-refractivity contribution < 1.29 is 9.13 Å². The summed E-state index contributed by atoms with van der Waals surface area (Å²) in [5.41, 5.74) is 7.72. The van der Waals surface area contributed by atoms with E-state index < -0.39 is 0 Å². The van der Waals surface area contributed by atoms with Crippen LogP contribution in [0.25, 0.3) is 0 Å². The van der Waals surface area contributed by atoms with Crippen LogP contribution >= 0.6 is 0 Å². The van der Waals surface area contributed by atoms with Gasteiger partial charge in [0.05, 0.1) is 5.69 Å². The van der Waals surface area contributed by atoms with E-state index in [1.807, 2.05) is 6.92 Å². The molecule has 3 nitrogen and oxygen atoms in total. The number of aryl methyl sites for hydroxylation is 2. The lowest BCUT2D eigenvalue weighted by atomic mass is 10.2. The molecule has 0 saturated carbocycles. The number of rotatable bonds is 2. The molecule has 0 saturated heterocycles. The van der Waals surface area contributed by atoms with Gasteiger partial charge in [-0.1, -0.05) is 0 Å². The molecule has 0 aliphatic carbocycles. The second kappa shape index (κ2) is 4.41. The van der Waals surface area contributed by atoms with Crippen LogP contribution in [0.15, 0.2) is 30.5 Å². The van der Waals surface area contributed by atoms with Gasteiger partial charge >= 0.3 is 0 Å². The Hall–Kier alpha value is -2.10. The molecular formula is C13H13FN2O. The third-order valence-corrected chi connectivity index (χ3v) is 2.36. The molecule has 2 N–H and O–H groups in total. The zero-order chi connectivity index (χ0) is 12.4. The van der Waals surface area contributed by atoms with Crippen molar-refractivity contribution in [3.63, 3.8) is 0 Å². The van der Waals surface area contributed by atoms with Crippen LogP contribution < -0.4 is 10.5 Å². The van der Waals surface area contributed by atoms with Crippen molar-refractivity contribution in [1.29, 1.82) is 0 Å². The molecule has 17 heavy (non-hydrogen) atoms. The maximum atomic E-state index is 13.1. The number of benzene rings is 1. The molecule has 0 atom stereocenters. The van der Waals surface area contributed by atoms with Crippen LogP contribution in [0.1, 0.15) is 11.1 Å². The van der Waals surface area contributed by atoms with E-state index in [9.17, 15) is 4.39 Å². The van der Waals surface area contributed by atoms with Gasteiger partial charge in [-0.05, 0) is 49.2 Å². The van der Waals surface area contributed by atoms with Crippen LogP contribution in [-0.4, -0.2) is 4.98 Å². The quantitative estimate of drug-likeness (QED) is 0.864. The monoisotopic (exact) mass is 232 g/mol. The summed E-state index contributed by atoms with van der Waals surface area (Å²) in [4.78, 5) is 4.08. The number of nitrogen functional groups attached to an aromatic ring is 1. The summed E-state index contributed by atoms with van der Waals surface area (Å²) in [6.45, 7) is 3.57. The van der Waals surface area contributed by atoms with E-state index in [2.05, 4.69) is 4.98 Å². The van der Waals surface area contributed by atoms with Gasteiger partial charge in [0.15, 0.2) is 0 Å². The van der Waals surface area contributed by atoms with E-state index in [0.717, 1.165) is 5.56 Å². The fourth-order valence-electron chi connectivity index (χ4n) is 1.46. The zero-order valence-electron chi connectivity index (χ0n) is 9.70. The number of ether oxygens (including phenoxy) is 1. The highest BCUT2D eigenvalue weighted by atomic mass is 19.1. The Kier molecular flexibility index (Phi) is 2.95. The van der Waals surface area contributed by atoms with Crippen molar-refractivity contribution in [1.82, 2.24) is 4.98 Å². The van der Waals surface area contributed by atoms with E-state index in [4.69, 9.17) is 10.5 Å². The van der Waals surface area contributed by atoms with Crippen molar-refractivity contribution in [3.05, 3.63) is 47.4 Å². The van der Waals surface area contributed by atoms with Gasteiger partial charge in [0.2, 0.25) is 5.88 Å². The molecule has 0 spiro atoms. The first kappa shape index (κ1) is 11.4. The molecule has 1 aromatic carbocycles. The Morgan fingerprint density at radius 1 is 1.24 bits per heavy atom. The third-order valence-electron chi connectivity index (χ3n) is 2.36. The molecule has 2 aromatic rings. The van der Waals surface area contributed by atoms with Crippen molar-refractivity contribution in [2.45, 2.75) is 13.8 Å². The molecule has 0 bridgehead atoms. The molecule has 0 aliphatic heterocycles. The lowest BCUT2D eigenvalue weighted by molar-refractivity contribution is 0.463. The summed E-state index contributed by atoms with van der Waals surface area (Å²) in [6, 6.07) is 6.29. The fourth-order valence-corrected chi connectivity index (χ4v) is 1.46. The molecule has 88 valence electrons. The molecule has 4 heteroatoms. The summed E-state index contributed by atoms with van der Waals surface area (Å²) in [5.74, 6) is 0.593. The lowest BCUT2D eigenvalue weighted by Gasteiger charge is -2.08. The summed E-state index contributed by atoms with van der Waals surface area (Å²) >= 11 is 0. The number of hydrogen-bond acceptors (Lipinski definition) is 3. The number of nitrogens with two attached hydrogens (primary N) is 1. The SMILES string of the molecule is Cc1cnc(Oc2ccc(F)c(C)c2)c(N)c1. The predicted octanol–water partition coefficient (Wildman–Crippen LogP) is 3.21. The highest BCUT2D eigenvalue weighted by Gasteiger charge is 2.05. The molecule has 0 unspecified atom stereocenters. The number of aromatic nitrogens is 1. The number of halogens is 1. The molecule has 1 heterocycles. The Morgan fingerprint density at radius 2 is 2.00 bits per heavy atom. The van der Waals surface area contributed by atoms with Crippen LogP contribution in [0.3, 0.4) is 0 Å². The van der Waals surface area contributed by atoms with Gasteiger partial charge in [-0.15, -0.1) is 0 Å². The molecule has 2 rings (SSSR count). The highest BCUT2D eigenvalue weighted by molar-refractivity contribution is 5.50. The second-order valence-corrected chi connectivity index (χ2v) is 3.92. The first-order valence-electron chi connectivity index (χ1n) is 5.22. The van der Waals surface area contributed by atoms with Crippen LogP contribution in [0.5, 0.6) is 11.6 Å². The number of pyridine rings is 1. The van der Waals surface area contributed by atoms with Gasteiger partial charge in [-0.2, -0.15) is 0 Å². The maximum absolute atomic E-state index is 13.1. The van der Waals surface area contributed by atoms with Crippen molar-refractivity contribution >= 4 is 5.69 Å². The van der Waals surface area contributed by atoms with Crippen LogP contribution in [0, 0.1) is 19.7 Å². The fraction of sp³-hybridized carbons (Fsp3) is 0.154. The van der Waals surface area contributed by atoms with Crippen LogP contribution in [-0.2, 0) is 0 Å². The average Bonchev–Trinajstić information content (AvgIpc) is 2.27. The average molecular weight is 232 g/mol. The van der Waals surface area contributed by atoms with E-state index in [1.165, 1.54) is 6.07 Å². The predicted molar refractivity (Wildman–Crippen MR) is 64.6 cm³/mol.